The average Bonchev–Trinajstić information content (AvgIpc) is 2.69. The van der Waals surface area contributed by atoms with Gasteiger partial charge in [0.25, 0.3) is 5.91 Å². The summed E-state index contributed by atoms with van der Waals surface area (Å²) in [5.74, 6) is 1.28. The lowest BCUT2D eigenvalue weighted by atomic mass is 10.2. The quantitative estimate of drug-likeness (QED) is 0.616. The van der Waals surface area contributed by atoms with Crippen molar-refractivity contribution in [2.45, 2.75) is 13.5 Å². The number of ether oxygens (including phenoxy) is 1. The number of hydrogen-bond acceptors (Lipinski definition) is 4. The number of pyridine rings is 1. The van der Waals surface area contributed by atoms with E-state index in [1.54, 1.807) is 24.4 Å². The predicted molar refractivity (Wildman–Crippen MR) is 108 cm³/mol. The lowest BCUT2D eigenvalue weighted by molar-refractivity contribution is 0.0950. The van der Waals surface area contributed by atoms with Gasteiger partial charge < -0.3 is 15.4 Å². The molecule has 0 aliphatic rings. The standard InChI is InChI=1S/C21H20ClN3O2/c1-2-27-18-10-8-17(9-11-18)25-20-12-7-16(14-23-20)21(26)24-13-15-5-3-4-6-19(15)22/h3-12,14H,2,13H2,1H3,(H,23,25)(H,24,26). The van der Waals surface area contributed by atoms with E-state index in [9.17, 15) is 4.79 Å². The number of amides is 1. The van der Waals surface area contributed by atoms with Crippen molar-refractivity contribution >= 4 is 29.0 Å². The zero-order chi connectivity index (χ0) is 19.1. The van der Waals surface area contributed by atoms with Crippen molar-refractivity contribution < 1.29 is 9.53 Å². The molecular weight excluding hydrogens is 362 g/mol. The highest BCUT2D eigenvalue weighted by atomic mass is 35.5. The number of carbonyl (C=O) groups is 1. The molecule has 0 atom stereocenters. The molecule has 6 heteroatoms. The number of nitrogens with one attached hydrogen (secondary N) is 2. The van der Waals surface area contributed by atoms with E-state index in [1.165, 1.54) is 0 Å². The van der Waals surface area contributed by atoms with Gasteiger partial charge in [-0.15, -0.1) is 0 Å². The van der Waals surface area contributed by atoms with Crippen LogP contribution in [-0.2, 0) is 6.54 Å². The van der Waals surface area contributed by atoms with Crippen molar-refractivity contribution in [3.8, 4) is 5.75 Å². The van der Waals surface area contributed by atoms with Crippen LogP contribution in [0, 0.1) is 0 Å². The zero-order valence-electron chi connectivity index (χ0n) is 14.9. The topological polar surface area (TPSA) is 63.2 Å². The molecule has 0 radical (unpaired) electrons. The summed E-state index contributed by atoms with van der Waals surface area (Å²) in [6.45, 7) is 2.95. The maximum absolute atomic E-state index is 12.3. The van der Waals surface area contributed by atoms with Gasteiger partial charge in [0.05, 0.1) is 12.2 Å². The fraction of sp³-hybridized carbons (Fsp3) is 0.143. The van der Waals surface area contributed by atoms with Gasteiger partial charge in [-0.25, -0.2) is 4.98 Å². The highest BCUT2D eigenvalue weighted by Gasteiger charge is 2.07. The first-order valence-corrected chi connectivity index (χ1v) is 9.01. The van der Waals surface area contributed by atoms with E-state index < -0.39 is 0 Å². The molecule has 0 saturated heterocycles. The highest BCUT2D eigenvalue weighted by molar-refractivity contribution is 6.31. The zero-order valence-corrected chi connectivity index (χ0v) is 15.7. The van der Waals surface area contributed by atoms with E-state index in [-0.39, 0.29) is 5.91 Å². The van der Waals surface area contributed by atoms with Crippen molar-refractivity contribution in [3.05, 3.63) is 83.0 Å². The first kappa shape index (κ1) is 18.7. The van der Waals surface area contributed by atoms with E-state index >= 15 is 0 Å². The molecule has 5 nitrogen and oxygen atoms in total. The van der Waals surface area contributed by atoms with Crippen molar-refractivity contribution in [3.63, 3.8) is 0 Å². The third-order valence-electron chi connectivity index (χ3n) is 3.86. The maximum atomic E-state index is 12.3. The van der Waals surface area contributed by atoms with Gasteiger partial charge in [-0.05, 0) is 55.0 Å². The van der Waals surface area contributed by atoms with Gasteiger partial charge in [0.1, 0.15) is 11.6 Å². The van der Waals surface area contributed by atoms with Crippen molar-refractivity contribution in [2.75, 3.05) is 11.9 Å². The number of rotatable bonds is 7. The second kappa shape index (κ2) is 9.05. The van der Waals surface area contributed by atoms with E-state index in [0.717, 1.165) is 17.0 Å². The summed E-state index contributed by atoms with van der Waals surface area (Å²) in [6.07, 6.45) is 1.54. The van der Waals surface area contributed by atoms with Gasteiger partial charge in [0.2, 0.25) is 0 Å². The van der Waals surface area contributed by atoms with Crippen molar-refractivity contribution in [1.82, 2.24) is 10.3 Å². The van der Waals surface area contributed by atoms with Crippen LogP contribution in [0.5, 0.6) is 5.75 Å². The number of anilines is 2. The van der Waals surface area contributed by atoms with E-state index in [1.807, 2.05) is 49.4 Å². The molecule has 0 saturated carbocycles. The third kappa shape index (κ3) is 5.21. The van der Waals surface area contributed by atoms with Crippen LogP contribution in [0.15, 0.2) is 66.9 Å². The van der Waals surface area contributed by atoms with Crippen LogP contribution in [0.25, 0.3) is 0 Å². The molecule has 2 aromatic carbocycles. The smallest absolute Gasteiger partial charge is 0.253 e. The summed E-state index contributed by atoms with van der Waals surface area (Å²) < 4.78 is 5.42. The number of benzene rings is 2. The molecule has 1 amide bonds. The number of hydrogen-bond donors (Lipinski definition) is 2. The number of nitrogens with zero attached hydrogens (tertiary/aromatic N) is 1. The summed E-state index contributed by atoms with van der Waals surface area (Å²) in [4.78, 5) is 16.6. The summed E-state index contributed by atoms with van der Waals surface area (Å²) in [5.41, 5.74) is 2.25. The summed E-state index contributed by atoms with van der Waals surface area (Å²) in [6, 6.07) is 18.5. The van der Waals surface area contributed by atoms with Crippen molar-refractivity contribution in [2.24, 2.45) is 0 Å². The first-order valence-electron chi connectivity index (χ1n) is 8.63. The monoisotopic (exact) mass is 381 g/mol. The second-order valence-electron chi connectivity index (χ2n) is 5.79. The van der Waals surface area contributed by atoms with E-state index in [0.29, 0.717) is 29.6 Å². The Kier molecular flexibility index (Phi) is 6.28. The summed E-state index contributed by atoms with van der Waals surface area (Å²) >= 11 is 6.10. The fourth-order valence-electron chi connectivity index (χ4n) is 2.47. The van der Waals surface area contributed by atoms with Crippen LogP contribution in [-0.4, -0.2) is 17.5 Å². The van der Waals surface area contributed by atoms with Crippen LogP contribution in [0.3, 0.4) is 0 Å². The number of halogens is 1. The molecule has 1 aromatic heterocycles. The summed E-state index contributed by atoms with van der Waals surface area (Å²) in [5, 5.41) is 6.66. The lowest BCUT2D eigenvalue weighted by Gasteiger charge is -2.09. The van der Waals surface area contributed by atoms with Crippen LogP contribution in [0.4, 0.5) is 11.5 Å². The molecule has 138 valence electrons. The molecule has 1 heterocycles. The summed E-state index contributed by atoms with van der Waals surface area (Å²) in [7, 11) is 0. The predicted octanol–water partition coefficient (Wildman–Crippen LogP) is 4.81. The Morgan fingerprint density at radius 2 is 1.85 bits per heavy atom. The number of carbonyl (C=O) groups excluding carboxylic acids is 1. The molecule has 0 spiro atoms. The van der Waals surface area contributed by atoms with Gasteiger partial charge in [0, 0.05) is 23.5 Å². The van der Waals surface area contributed by atoms with Crippen LogP contribution in [0.1, 0.15) is 22.8 Å². The minimum atomic E-state index is -0.199. The molecule has 3 aromatic rings. The normalized spacial score (nSPS) is 10.3. The first-order chi connectivity index (χ1) is 13.2. The number of aromatic nitrogens is 1. The van der Waals surface area contributed by atoms with Gasteiger partial charge in [-0.2, -0.15) is 0 Å². The molecule has 2 N–H and O–H groups in total. The lowest BCUT2D eigenvalue weighted by Crippen LogP contribution is -2.23. The fourth-order valence-corrected chi connectivity index (χ4v) is 2.67. The average molecular weight is 382 g/mol. The van der Waals surface area contributed by atoms with E-state index in [2.05, 4.69) is 15.6 Å². The van der Waals surface area contributed by atoms with Gasteiger partial charge in [-0.1, -0.05) is 29.8 Å². The molecule has 0 aliphatic heterocycles. The minimum absolute atomic E-state index is 0.199. The Labute approximate surface area is 163 Å². The highest BCUT2D eigenvalue weighted by Crippen LogP contribution is 2.19. The molecular formula is C21H20ClN3O2. The Morgan fingerprint density at radius 1 is 1.07 bits per heavy atom. The molecule has 0 unspecified atom stereocenters. The largest absolute Gasteiger partial charge is 0.494 e. The van der Waals surface area contributed by atoms with Crippen LogP contribution in [0.2, 0.25) is 5.02 Å². The Hall–Kier alpha value is -3.05. The molecule has 0 aliphatic carbocycles. The maximum Gasteiger partial charge on any atom is 0.253 e. The van der Waals surface area contributed by atoms with Crippen LogP contribution >= 0.6 is 11.6 Å². The van der Waals surface area contributed by atoms with Gasteiger partial charge in [-0.3, -0.25) is 4.79 Å². The van der Waals surface area contributed by atoms with E-state index in [4.69, 9.17) is 16.3 Å². The Balaban J connectivity index is 1.57. The van der Waals surface area contributed by atoms with Crippen LogP contribution < -0.4 is 15.4 Å². The van der Waals surface area contributed by atoms with Crippen molar-refractivity contribution in [1.29, 1.82) is 0 Å². The second-order valence-corrected chi connectivity index (χ2v) is 6.20. The Bertz CT molecular complexity index is 896. The third-order valence-corrected chi connectivity index (χ3v) is 4.23. The Morgan fingerprint density at radius 3 is 2.52 bits per heavy atom. The van der Waals surface area contributed by atoms with Gasteiger partial charge in [0.15, 0.2) is 0 Å². The minimum Gasteiger partial charge on any atom is -0.494 e. The molecule has 0 fully saturated rings. The molecule has 27 heavy (non-hydrogen) atoms. The molecule has 3 rings (SSSR count). The molecule has 0 bridgehead atoms. The SMILES string of the molecule is CCOc1ccc(Nc2ccc(C(=O)NCc3ccccc3Cl)cn2)cc1. The van der Waals surface area contributed by atoms with Gasteiger partial charge >= 0.3 is 0 Å².